The van der Waals surface area contributed by atoms with Crippen LogP contribution in [0.25, 0.3) is 0 Å². The number of carbonyl (C=O) groups excluding carboxylic acids is 1. The lowest BCUT2D eigenvalue weighted by Gasteiger charge is -2.29. The molecule has 1 saturated heterocycles. The predicted octanol–water partition coefficient (Wildman–Crippen LogP) is 3.99. The summed E-state index contributed by atoms with van der Waals surface area (Å²) in [6.45, 7) is 6.03. The normalized spacial score (nSPS) is 26.8. The molecule has 25 heavy (non-hydrogen) atoms. The molecule has 5 nitrogen and oxygen atoms in total. The lowest BCUT2D eigenvalue weighted by Crippen LogP contribution is -2.36. The summed E-state index contributed by atoms with van der Waals surface area (Å²) in [5.74, 6) is 3.28. The van der Waals surface area contributed by atoms with Gasteiger partial charge in [-0.05, 0) is 31.1 Å². The summed E-state index contributed by atoms with van der Waals surface area (Å²) in [7, 11) is 0. The zero-order valence-electron chi connectivity index (χ0n) is 15.8. The van der Waals surface area contributed by atoms with Crippen molar-refractivity contribution in [2.24, 2.45) is 11.3 Å². The predicted molar refractivity (Wildman–Crippen MR) is 97.3 cm³/mol. The van der Waals surface area contributed by atoms with Crippen LogP contribution in [0, 0.1) is 11.3 Å². The number of aromatic nitrogens is 3. The molecule has 2 heterocycles. The number of amides is 1. The maximum Gasteiger partial charge on any atom is 0.225 e. The van der Waals surface area contributed by atoms with Crippen LogP contribution in [0.2, 0.25) is 0 Å². The first-order valence-corrected chi connectivity index (χ1v) is 10.3. The molecule has 0 aromatic carbocycles. The van der Waals surface area contributed by atoms with Crippen LogP contribution in [-0.2, 0) is 4.79 Å². The second-order valence-corrected chi connectivity index (χ2v) is 8.91. The molecule has 0 bridgehead atoms. The molecule has 1 unspecified atom stereocenters. The zero-order chi connectivity index (χ0) is 17.4. The van der Waals surface area contributed by atoms with Crippen LogP contribution in [0.5, 0.6) is 0 Å². The number of likely N-dealkylation sites (tertiary alicyclic amines) is 1. The highest BCUT2D eigenvalue weighted by Crippen LogP contribution is 2.53. The van der Waals surface area contributed by atoms with E-state index in [1.807, 2.05) is 0 Å². The van der Waals surface area contributed by atoms with E-state index in [0.29, 0.717) is 17.7 Å². The van der Waals surface area contributed by atoms with Gasteiger partial charge >= 0.3 is 0 Å². The molecule has 1 aromatic rings. The first-order valence-electron chi connectivity index (χ1n) is 10.3. The van der Waals surface area contributed by atoms with Crippen LogP contribution in [0.1, 0.15) is 95.1 Å². The molecule has 3 fully saturated rings. The summed E-state index contributed by atoms with van der Waals surface area (Å²) in [5, 5.41) is 7.66. The molecule has 1 N–H and O–H groups in total. The van der Waals surface area contributed by atoms with Crippen molar-refractivity contribution in [3.05, 3.63) is 11.6 Å². The average molecular weight is 345 g/mol. The van der Waals surface area contributed by atoms with Gasteiger partial charge in [0.05, 0.1) is 0 Å². The van der Waals surface area contributed by atoms with Crippen molar-refractivity contribution in [1.29, 1.82) is 0 Å². The van der Waals surface area contributed by atoms with Crippen molar-refractivity contribution in [2.75, 3.05) is 13.1 Å². The van der Waals surface area contributed by atoms with E-state index in [0.717, 1.165) is 37.6 Å². The van der Waals surface area contributed by atoms with Crippen LogP contribution in [0.15, 0.2) is 0 Å². The zero-order valence-corrected chi connectivity index (χ0v) is 15.8. The molecular weight excluding hydrogens is 312 g/mol. The number of aromatic amines is 1. The van der Waals surface area contributed by atoms with Crippen LogP contribution >= 0.6 is 0 Å². The number of hydrogen-bond acceptors (Lipinski definition) is 3. The molecule has 138 valence electrons. The van der Waals surface area contributed by atoms with E-state index in [1.165, 1.54) is 44.9 Å². The van der Waals surface area contributed by atoms with Gasteiger partial charge in [-0.2, -0.15) is 5.10 Å². The standard InChI is InChI=1S/C20H32N4O/c1-14(2)17-21-18(23-22-17)16-12-24(13-20(16)10-6-7-11-20)19(25)15-8-4-3-5-9-15/h14-16H,3-13H2,1-2H3,(H,21,22,23). The number of nitrogens with one attached hydrogen (secondary N) is 1. The monoisotopic (exact) mass is 344 g/mol. The summed E-state index contributed by atoms with van der Waals surface area (Å²) in [4.78, 5) is 20.1. The Labute approximate surface area is 151 Å². The molecule has 1 spiro atoms. The number of rotatable bonds is 3. The topological polar surface area (TPSA) is 61.9 Å². The highest BCUT2D eigenvalue weighted by molar-refractivity contribution is 5.79. The van der Waals surface area contributed by atoms with Crippen LogP contribution < -0.4 is 0 Å². The highest BCUT2D eigenvalue weighted by Gasteiger charge is 2.51. The quantitative estimate of drug-likeness (QED) is 0.901. The van der Waals surface area contributed by atoms with E-state index in [1.54, 1.807) is 0 Å². The minimum Gasteiger partial charge on any atom is -0.341 e. The first-order chi connectivity index (χ1) is 12.1. The molecule has 4 rings (SSSR count). The Morgan fingerprint density at radius 2 is 1.88 bits per heavy atom. The van der Waals surface area contributed by atoms with Gasteiger partial charge in [-0.15, -0.1) is 0 Å². The Morgan fingerprint density at radius 1 is 1.16 bits per heavy atom. The second-order valence-electron chi connectivity index (χ2n) is 8.91. The molecular formula is C20H32N4O. The maximum atomic E-state index is 13.1. The maximum absolute atomic E-state index is 13.1. The highest BCUT2D eigenvalue weighted by atomic mass is 16.2. The lowest BCUT2D eigenvalue weighted by molar-refractivity contribution is -0.135. The van der Waals surface area contributed by atoms with Crippen molar-refractivity contribution in [3.63, 3.8) is 0 Å². The fourth-order valence-corrected chi connectivity index (χ4v) is 5.41. The molecule has 1 aliphatic heterocycles. The first kappa shape index (κ1) is 17.0. The van der Waals surface area contributed by atoms with Gasteiger partial charge in [0.2, 0.25) is 5.91 Å². The Morgan fingerprint density at radius 3 is 2.52 bits per heavy atom. The van der Waals surface area contributed by atoms with Gasteiger partial charge in [0.25, 0.3) is 0 Å². The number of nitrogens with zero attached hydrogens (tertiary/aromatic N) is 3. The van der Waals surface area contributed by atoms with Gasteiger partial charge in [0, 0.05) is 30.8 Å². The second kappa shape index (κ2) is 6.73. The van der Waals surface area contributed by atoms with Gasteiger partial charge < -0.3 is 4.90 Å². The van der Waals surface area contributed by atoms with Crippen LogP contribution in [0.4, 0.5) is 0 Å². The third-order valence-corrected chi connectivity index (χ3v) is 6.88. The van der Waals surface area contributed by atoms with Crippen molar-refractivity contribution >= 4 is 5.91 Å². The minimum atomic E-state index is 0.234. The Balaban J connectivity index is 1.56. The van der Waals surface area contributed by atoms with Crippen LogP contribution in [0.3, 0.4) is 0 Å². The van der Waals surface area contributed by atoms with E-state index in [4.69, 9.17) is 4.98 Å². The van der Waals surface area contributed by atoms with Gasteiger partial charge in [0.1, 0.15) is 5.82 Å². The Hall–Kier alpha value is -1.39. The summed E-state index contributed by atoms with van der Waals surface area (Å²) < 4.78 is 0. The molecule has 3 aliphatic rings. The average Bonchev–Trinajstić information content (AvgIpc) is 3.35. The van der Waals surface area contributed by atoms with Crippen molar-refractivity contribution in [1.82, 2.24) is 20.1 Å². The van der Waals surface area contributed by atoms with Gasteiger partial charge in [-0.3, -0.25) is 9.89 Å². The fraction of sp³-hybridized carbons (Fsp3) is 0.850. The van der Waals surface area contributed by atoms with Crippen molar-refractivity contribution in [3.8, 4) is 0 Å². The molecule has 5 heteroatoms. The minimum absolute atomic E-state index is 0.234. The Kier molecular flexibility index (Phi) is 4.59. The van der Waals surface area contributed by atoms with Gasteiger partial charge in [-0.1, -0.05) is 46.0 Å². The summed E-state index contributed by atoms with van der Waals surface area (Å²) in [6, 6.07) is 0. The summed E-state index contributed by atoms with van der Waals surface area (Å²) >= 11 is 0. The molecule has 2 aliphatic carbocycles. The van der Waals surface area contributed by atoms with Gasteiger partial charge in [-0.25, -0.2) is 4.98 Å². The number of H-pyrrole nitrogens is 1. The molecule has 1 atom stereocenters. The third-order valence-electron chi connectivity index (χ3n) is 6.88. The van der Waals surface area contributed by atoms with E-state index in [-0.39, 0.29) is 11.3 Å². The van der Waals surface area contributed by atoms with Crippen molar-refractivity contribution < 1.29 is 4.79 Å². The van der Waals surface area contributed by atoms with Gasteiger partial charge in [0.15, 0.2) is 5.82 Å². The molecule has 2 saturated carbocycles. The summed E-state index contributed by atoms with van der Waals surface area (Å²) in [5.41, 5.74) is 0.234. The molecule has 1 aromatic heterocycles. The fourth-order valence-electron chi connectivity index (χ4n) is 5.41. The van der Waals surface area contributed by atoms with Crippen molar-refractivity contribution in [2.45, 2.75) is 83.5 Å². The molecule has 0 radical (unpaired) electrons. The lowest BCUT2D eigenvalue weighted by atomic mass is 9.76. The number of carbonyl (C=O) groups is 1. The van der Waals surface area contributed by atoms with E-state index in [9.17, 15) is 4.79 Å². The number of hydrogen-bond donors (Lipinski definition) is 1. The molecule has 1 amide bonds. The summed E-state index contributed by atoms with van der Waals surface area (Å²) in [6.07, 6.45) is 10.9. The smallest absolute Gasteiger partial charge is 0.225 e. The third kappa shape index (κ3) is 3.11. The van der Waals surface area contributed by atoms with Crippen LogP contribution in [-0.4, -0.2) is 39.1 Å². The largest absolute Gasteiger partial charge is 0.341 e. The van der Waals surface area contributed by atoms with E-state index in [2.05, 4.69) is 28.9 Å². The van der Waals surface area contributed by atoms with E-state index >= 15 is 0 Å². The van der Waals surface area contributed by atoms with E-state index < -0.39 is 0 Å². The SMILES string of the molecule is CC(C)c1n[nH]c(C2CN(C(=O)C3CCCCC3)CC23CCCC3)n1. The Bertz CT molecular complexity index is 611.